The van der Waals surface area contributed by atoms with Crippen molar-refractivity contribution in [1.82, 2.24) is 29.4 Å². The quantitative estimate of drug-likeness (QED) is 0.0954. The van der Waals surface area contributed by atoms with Crippen LogP contribution >= 0.6 is 23.3 Å². The van der Waals surface area contributed by atoms with Gasteiger partial charge in [0, 0.05) is 37.0 Å². The molecule has 5 heterocycles. The molecule has 0 aromatic carbocycles. The number of β-lactam (4-membered cyclic amide) rings is 1. The number of carboxylic acid groups (broad SMARTS) is 3. The number of amides is 3. The minimum absolute atomic E-state index is 0.104. The van der Waals surface area contributed by atoms with Gasteiger partial charge in [-0.25, -0.2) is 14.6 Å². The first-order valence-electron chi connectivity index (χ1n) is 13.4. The third-order valence-electron chi connectivity index (χ3n) is 7.48. The lowest BCUT2D eigenvalue weighted by atomic mass is 10.0. The Hall–Kier alpha value is -4.36. The molecule has 3 saturated heterocycles. The first-order chi connectivity index (χ1) is 21.0. The molecule has 4 N–H and O–H groups in total. The first-order valence-corrected chi connectivity index (χ1v) is 15.3. The Kier molecular flexibility index (Phi) is 8.97. The fourth-order valence-electron chi connectivity index (χ4n) is 5.33. The Labute approximate surface area is 257 Å². The maximum atomic E-state index is 13.2. The van der Waals surface area contributed by atoms with E-state index < -0.39 is 53.0 Å². The molecule has 1 aromatic rings. The average molecular weight is 650 g/mol. The minimum Gasteiger partial charge on any atom is -0.480 e. The molecule has 4 atom stereocenters. The Bertz CT molecular complexity index is 1490. The number of aromatic nitrogens is 2. The topological polar surface area (TPSA) is 232 Å². The zero-order chi connectivity index (χ0) is 31.7. The molecule has 44 heavy (non-hydrogen) atoms. The Balaban J connectivity index is 1.29. The summed E-state index contributed by atoms with van der Waals surface area (Å²) in [5.74, 6) is -5.50. The number of oxime groups is 1. The zero-order valence-electron chi connectivity index (χ0n) is 23.1. The van der Waals surface area contributed by atoms with Crippen LogP contribution < -0.4 is 5.32 Å². The highest BCUT2D eigenvalue weighted by molar-refractivity contribution is 8.00. The molecule has 5 rings (SSSR count). The van der Waals surface area contributed by atoms with Gasteiger partial charge in [-0.2, -0.15) is 4.37 Å². The van der Waals surface area contributed by atoms with Crippen LogP contribution in [0.1, 0.15) is 25.6 Å². The standard InChI is InChI=1S/C25H27N7O10S2/c1-11(24(38)39)42-28-16(19-26-10-44-29-19)20(35)27-17-22(37)32-18(25(40)41)13(9-43-23(17)32)6-12-2-5-31(21(12)36)14-3-4-30(7-14)8-15(33)34/h6,10-11,14,17,23H,2-5,7-9H2,1H3,(H,27,35)(H,33,34)(H,38,39)(H,40,41)/b12-6+,28-16-/t11?,14?,17-,23?/m0/s1. The van der Waals surface area contributed by atoms with E-state index >= 15 is 0 Å². The Morgan fingerprint density at radius 2 is 2.00 bits per heavy atom. The van der Waals surface area contributed by atoms with Crippen molar-refractivity contribution in [3.8, 4) is 0 Å². The molecule has 0 saturated carbocycles. The number of aliphatic carboxylic acids is 3. The van der Waals surface area contributed by atoms with E-state index in [2.05, 4.69) is 19.8 Å². The van der Waals surface area contributed by atoms with E-state index in [9.17, 15) is 33.9 Å². The van der Waals surface area contributed by atoms with Gasteiger partial charge < -0.3 is 30.4 Å². The molecular formula is C25H27N7O10S2. The fourth-order valence-corrected chi connectivity index (χ4v) is 7.06. The second-order valence-electron chi connectivity index (χ2n) is 10.3. The second-order valence-corrected chi connectivity index (χ2v) is 12.0. The molecule has 0 aliphatic carbocycles. The van der Waals surface area contributed by atoms with Crippen LogP contribution in [-0.4, -0.2) is 136 Å². The van der Waals surface area contributed by atoms with Crippen LogP contribution in [0.25, 0.3) is 0 Å². The lowest BCUT2D eigenvalue weighted by Crippen LogP contribution is -2.71. The van der Waals surface area contributed by atoms with E-state index in [1.807, 2.05) is 0 Å². The zero-order valence-corrected chi connectivity index (χ0v) is 24.7. The monoisotopic (exact) mass is 649 g/mol. The van der Waals surface area contributed by atoms with Gasteiger partial charge in [-0.05, 0) is 42.9 Å². The van der Waals surface area contributed by atoms with E-state index in [-0.39, 0.29) is 41.3 Å². The minimum atomic E-state index is -1.38. The summed E-state index contributed by atoms with van der Waals surface area (Å²) >= 11 is 2.11. The van der Waals surface area contributed by atoms with E-state index in [1.54, 1.807) is 9.80 Å². The molecule has 19 heteroatoms. The first kappa shape index (κ1) is 31.1. The van der Waals surface area contributed by atoms with Crippen molar-refractivity contribution in [2.75, 3.05) is 31.9 Å². The van der Waals surface area contributed by atoms with Gasteiger partial charge >= 0.3 is 17.9 Å². The number of hydrogen-bond acceptors (Lipinski definition) is 13. The van der Waals surface area contributed by atoms with Gasteiger partial charge in [-0.1, -0.05) is 5.16 Å². The molecule has 17 nitrogen and oxygen atoms in total. The summed E-state index contributed by atoms with van der Waals surface area (Å²) < 4.78 is 3.92. The number of nitrogens with one attached hydrogen (secondary N) is 1. The summed E-state index contributed by atoms with van der Waals surface area (Å²) in [5.41, 5.74) is 1.27. The number of carbonyl (C=O) groups excluding carboxylic acids is 3. The number of nitrogens with zero attached hydrogens (tertiary/aromatic N) is 6. The largest absolute Gasteiger partial charge is 0.480 e. The van der Waals surface area contributed by atoms with Crippen LogP contribution in [-0.2, 0) is 33.6 Å². The van der Waals surface area contributed by atoms with E-state index in [1.165, 1.54) is 30.3 Å². The summed E-state index contributed by atoms with van der Waals surface area (Å²) in [6.07, 6.45) is 1.14. The molecule has 3 unspecified atom stereocenters. The molecular weight excluding hydrogens is 622 g/mol. The normalized spacial score (nSPS) is 25.6. The van der Waals surface area contributed by atoms with Crippen molar-refractivity contribution < 1.29 is 48.9 Å². The van der Waals surface area contributed by atoms with E-state index in [0.29, 0.717) is 38.0 Å². The van der Waals surface area contributed by atoms with Gasteiger partial charge in [0.15, 0.2) is 0 Å². The third-order valence-corrected chi connectivity index (χ3v) is 9.26. The average Bonchev–Trinajstić information content (AvgIpc) is 3.74. The fraction of sp³-hybridized carbons (Fsp3) is 0.480. The lowest BCUT2D eigenvalue weighted by Gasteiger charge is -2.49. The second kappa shape index (κ2) is 12.7. The highest BCUT2D eigenvalue weighted by atomic mass is 32.2. The van der Waals surface area contributed by atoms with Crippen molar-refractivity contribution in [3.05, 3.63) is 34.3 Å². The number of allylic oxidation sites excluding steroid dienone is 1. The highest BCUT2D eigenvalue weighted by Crippen LogP contribution is 2.41. The van der Waals surface area contributed by atoms with Gasteiger partial charge in [-0.3, -0.25) is 29.0 Å². The summed E-state index contributed by atoms with van der Waals surface area (Å²) in [6.45, 7) is 2.52. The van der Waals surface area contributed by atoms with E-state index in [0.717, 1.165) is 16.4 Å². The highest BCUT2D eigenvalue weighted by Gasteiger charge is 2.54. The summed E-state index contributed by atoms with van der Waals surface area (Å²) in [7, 11) is 0. The van der Waals surface area contributed by atoms with Crippen molar-refractivity contribution in [1.29, 1.82) is 0 Å². The molecule has 0 spiro atoms. The van der Waals surface area contributed by atoms with Crippen molar-refractivity contribution in [2.24, 2.45) is 5.16 Å². The van der Waals surface area contributed by atoms with Gasteiger partial charge in [0.2, 0.25) is 23.5 Å². The molecule has 4 aliphatic rings. The SMILES string of the molecule is CC(O/N=C(\C(=O)N[C@H]1C(=O)N2C(C(=O)O)=C(/C=C3\CCN(C4CCN(CC(=O)O)C4)C3=O)CSC12)c1ncsn1)C(=O)O. The molecule has 3 amide bonds. The molecule has 234 valence electrons. The van der Waals surface area contributed by atoms with E-state index in [4.69, 9.17) is 15.1 Å². The van der Waals surface area contributed by atoms with Crippen LogP contribution in [0.5, 0.6) is 0 Å². The predicted molar refractivity (Wildman–Crippen MR) is 151 cm³/mol. The van der Waals surface area contributed by atoms with Gasteiger partial charge in [0.05, 0.1) is 6.54 Å². The van der Waals surface area contributed by atoms with Crippen molar-refractivity contribution in [2.45, 2.75) is 43.3 Å². The smallest absolute Gasteiger partial charge is 0.352 e. The maximum Gasteiger partial charge on any atom is 0.352 e. The molecule has 1 aromatic heterocycles. The Morgan fingerprint density at radius 1 is 1.23 bits per heavy atom. The summed E-state index contributed by atoms with van der Waals surface area (Å²) in [6, 6.07) is -1.27. The van der Waals surface area contributed by atoms with Crippen molar-refractivity contribution >= 4 is 64.6 Å². The van der Waals surface area contributed by atoms with Crippen molar-refractivity contribution in [3.63, 3.8) is 0 Å². The molecule has 3 fully saturated rings. The number of likely N-dealkylation sites (tertiary alicyclic amines) is 2. The van der Waals surface area contributed by atoms with Gasteiger partial charge in [-0.15, -0.1) is 11.8 Å². The molecule has 0 bridgehead atoms. The van der Waals surface area contributed by atoms with Gasteiger partial charge in [0.25, 0.3) is 11.8 Å². The van der Waals surface area contributed by atoms with Crippen LogP contribution in [0.4, 0.5) is 0 Å². The number of rotatable bonds is 11. The van der Waals surface area contributed by atoms with Crippen LogP contribution in [0.15, 0.2) is 33.6 Å². The van der Waals surface area contributed by atoms with Crippen LogP contribution in [0.2, 0.25) is 0 Å². The summed E-state index contributed by atoms with van der Waals surface area (Å²) in [5, 5.41) is 33.5. The lowest BCUT2D eigenvalue weighted by molar-refractivity contribution is -0.150. The van der Waals surface area contributed by atoms with Crippen LogP contribution in [0.3, 0.4) is 0 Å². The molecule has 0 radical (unpaired) electrons. The number of fused-ring (bicyclic) bond motifs is 1. The number of thioether (sulfide) groups is 1. The van der Waals surface area contributed by atoms with Gasteiger partial charge in [0.1, 0.15) is 22.6 Å². The number of hydrogen-bond donors (Lipinski definition) is 4. The van der Waals surface area contributed by atoms with Crippen LogP contribution in [0, 0.1) is 0 Å². The maximum absolute atomic E-state index is 13.2. The number of carbonyl (C=O) groups is 6. The number of carboxylic acids is 3. The molecule has 4 aliphatic heterocycles. The predicted octanol–water partition coefficient (Wildman–Crippen LogP) is -1.21. The summed E-state index contributed by atoms with van der Waals surface area (Å²) in [4.78, 5) is 87.2. The Morgan fingerprint density at radius 3 is 2.66 bits per heavy atom. The third kappa shape index (κ3) is 6.15.